The highest BCUT2D eigenvalue weighted by Gasteiger charge is 2.30. The molecule has 1 aromatic heterocycles. The number of sulfonamides is 1. The van der Waals surface area contributed by atoms with Crippen LogP contribution >= 0.6 is 11.6 Å². The van der Waals surface area contributed by atoms with Gasteiger partial charge in [0, 0.05) is 23.0 Å². The summed E-state index contributed by atoms with van der Waals surface area (Å²) < 4.78 is 41.9. The molecule has 2 amide bonds. The van der Waals surface area contributed by atoms with Crippen LogP contribution in [-0.2, 0) is 27.9 Å². The van der Waals surface area contributed by atoms with Crippen molar-refractivity contribution in [3.05, 3.63) is 100 Å². The molecular weight excluding hydrogens is 614 g/mol. The summed E-state index contributed by atoms with van der Waals surface area (Å²) in [6.45, 7) is 5.13. The minimum atomic E-state index is -4.03. The van der Waals surface area contributed by atoms with Gasteiger partial charge >= 0.3 is 6.09 Å². The van der Waals surface area contributed by atoms with Crippen molar-refractivity contribution in [2.45, 2.75) is 58.7 Å². The van der Waals surface area contributed by atoms with Crippen LogP contribution in [0.3, 0.4) is 0 Å². The molecule has 2 heterocycles. The Kier molecular flexibility index (Phi) is 10.4. The molecule has 238 valence electrons. The number of carbonyl (C=O) groups is 2. The number of amides is 2. The highest BCUT2D eigenvalue weighted by molar-refractivity contribution is 7.90. The second kappa shape index (κ2) is 14.4. The molecule has 0 spiro atoms. The van der Waals surface area contributed by atoms with Crippen molar-refractivity contribution in [2.75, 3.05) is 18.9 Å². The molecule has 0 aliphatic carbocycles. The van der Waals surface area contributed by atoms with Gasteiger partial charge in [-0.3, -0.25) is 4.79 Å². The predicted octanol–water partition coefficient (Wildman–Crippen LogP) is 6.63. The van der Waals surface area contributed by atoms with E-state index in [4.69, 9.17) is 21.1 Å². The highest BCUT2D eigenvalue weighted by atomic mass is 35.5. The normalized spacial score (nSPS) is 15.2. The number of para-hydroxylation sites is 1. The lowest BCUT2D eigenvalue weighted by molar-refractivity contribution is 0.0672. The molecule has 0 unspecified atom stereocenters. The van der Waals surface area contributed by atoms with Gasteiger partial charge in [-0.15, -0.1) is 0 Å². The first kappa shape index (κ1) is 32.4. The number of halogens is 1. The van der Waals surface area contributed by atoms with Crippen molar-refractivity contribution >= 4 is 44.5 Å². The largest absolute Gasteiger partial charge is 0.491 e. The molecule has 1 saturated heterocycles. The molecule has 1 aliphatic rings. The second-order valence-corrected chi connectivity index (χ2v) is 13.6. The molecule has 11 heteroatoms. The van der Waals surface area contributed by atoms with E-state index in [0.717, 1.165) is 35.3 Å². The SMILES string of the molecule is Cc1cccc(C)c1OCCn1c(C(=O)NS(=O)(=O)CC[C@@H]2CCCCN2C(=O)OCc2ccccc2)cc2c(Cl)cccc21. The van der Waals surface area contributed by atoms with Gasteiger partial charge in [0.1, 0.15) is 24.7 Å². The van der Waals surface area contributed by atoms with Gasteiger partial charge in [-0.05, 0) is 74.4 Å². The fraction of sp³-hybridized carbons (Fsp3) is 0.353. The van der Waals surface area contributed by atoms with Crippen LogP contribution in [0.4, 0.5) is 4.79 Å². The van der Waals surface area contributed by atoms with Crippen LogP contribution < -0.4 is 9.46 Å². The van der Waals surface area contributed by atoms with Gasteiger partial charge in [-0.1, -0.05) is 66.2 Å². The number of fused-ring (bicyclic) bond motifs is 1. The zero-order chi connectivity index (χ0) is 32.0. The van der Waals surface area contributed by atoms with Crippen LogP contribution in [0.1, 0.15) is 52.9 Å². The van der Waals surface area contributed by atoms with E-state index in [9.17, 15) is 18.0 Å². The molecule has 1 aliphatic heterocycles. The van der Waals surface area contributed by atoms with Crippen LogP contribution in [0, 0.1) is 13.8 Å². The van der Waals surface area contributed by atoms with E-state index in [2.05, 4.69) is 4.72 Å². The quantitative estimate of drug-likeness (QED) is 0.195. The van der Waals surface area contributed by atoms with E-state index in [-0.39, 0.29) is 37.1 Å². The smallest absolute Gasteiger partial charge is 0.410 e. The maximum Gasteiger partial charge on any atom is 0.410 e. The van der Waals surface area contributed by atoms with E-state index >= 15 is 0 Å². The molecule has 0 bridgehead atoms. The molecular formula is C34H38ClN3O6S. The summed E-state index contributed by atoms with van der Waals surface area (Å²) in [4.78, 5) is 28.0. The summed E-state index contributed by atoms with van der Waals surface area (Å²) in [5, 5.41) is 1.09. The molecule has 0 saturated carbocycles. The van der Waals surface area contributed by atoms with Crippen LogP contribution in [0.5, 0.6) is 5.75 Å². The van der Waals surface area contributed by atoms with Gasteiger partial charge in [0.25, 0.3) is 5.91 Å². The molecule has 0 radical (unpaired) electrons. The van der Waals surface area contributed by atoms with Crippen molar-refractivity contribution in [3.8, 4) is 5.75 Å². The second-order valence-electron chi connectivity index (χ2n) is 11.3. The van der Waals surface area contributed by atoms with Crippen LogP contribution in [0.25, 0.3) is 10.9 Å². The van der Waals surface area contributed by atoms with Gasteiger partial charge < -0.3 is 18.9 Å². The fourth-order valence-electron chi connectivity index (χ4n) is 5.82. The third-order valence-corrected chi connectivity index (χ3v) is 9.73. The lowest BCUT2D eigenvalue weighted by Crippen LogP contribution is -2.45. The summed E-state index contributed by atoms with van der Waals surface area (Å²) in [6, 6.07) is 21.9. The maximum absolute atomic E-state index is 13.5. The Morgan fingerprint density at radius 3 is 2.47 bits per heavy atom. The fourth-order valence-corrected chi connectivity index (χ4v) is 7.12. The number of hydrogen-bond donors (Lipinski definition) is 1. The maximum atomic E-state index is 13.5. The van der Waals surface area contributed by atoms with Crippen LogP contribution in [0.2, 0.25) is 5.02 Å². The number of nitrogens with zero attached hydrogens (tertiary/aromatic N) is 2. The molecule has 5 rings (SSSR count). The number of rotatable bonds is 11. The summed E-state index contributed by atoms with van der Waals surface area (Å²) in [7, 11) is -4.03. The number of ether oxygens (including phenoxy) is 2. The van der Waals surface area contributed by atoms with E-state index in [0.29, 0.717) is 35.4 Å². The standard InChI is InChI=1S/C34H38ClN3O6S/c1-24-10-8-11-25(2)32(24)43-20-19-38-30-16-9-15-29(35)28(30)22-31(38)33(39)36-45(41,42)21-17-27-14-6-7-18-37(27)34(40)44-23-26-12-4-3-5-13-26/h3-5,8-13,15-16,22,27H,6-7,14,17-21,23H2,1-2H3,(H,36,39)/t27-/m0/s1. The summed E-state index contributed by atoms with van der Waals surface area (Å²) in [5.41, 5.74) is 3.73. The zero-order valence-electron chi connectivity index (χ0n) is 25.5. The molecule has 4 aromatic rings. The van der Waals surface area contributed by atoms with Crippen molar-refractivity contribution in [3.63, 3.8) is 0 Å². The van der Waals surface area contributed by atoms with Gasteiger partial charge in [-0.25, -0.2) is 17.9 Å². The van der Waals surface area contributed by atoms with Gasteiger partial charge in [0.15, 0.2) is 0 Å². The van der Waals surface area contributed by atoms with Crippen LogP contribution in [0.15, 0.2) is 72.8 Å². The van der Waals surface area contributed by atoms with Crippen molar-refractivity contribution in [1.82, 2.24) is 14.2 Å². The van der Waals surface area contributed by atoms with Crippen LogP contribution in [-0.4, -0.2) is 54.8 Å². The average molecular weight is 652 g/mol. The average Bonchev–Trinajstić information content (AvgIpc) is 3.41. The van der Waals surface area contributed by atoms with Crippen molar-refractivity contribution < 1.29 is 27.5 Å². The Morgan fingerprint density at radius 1 is 0.978 bits per heavy atom. The number of piperidine rings is 1. The summed E-state index contributed by atoms with van der Waals surface area (Å²) in [5.74, 6) is -0.291. The predicted molar refractivity (Wildman–Crippen MR) is 175 cm³/mol. The van der Waals surface area contributed by atoms with E-state index < -0.39 is 22.0 Å². The number of likely N-dealkylation sites (tertiary alicyclic amines) is 1. The number of nitrogens with one attached hydrogen (secondary N) is 1. The number of carbonyl (C=O) groups excluding carboxylic acids is 2. The molecule has 1 N–H and O–H groups in total. The molecule has 1 fully saturated rings. The summed E-state index contributed by atoms with van der Waals surface area (Å²) >= 11 is 6.45. The third-order valence-electron chi connectivity index (χ3n) is 8.13. The minimum absolute atomic E-state index is 0.144. The first-order chi connectivity index (χ1) is 21.6. The Balaban J connectivity index is 1.25. The Morgan fingerprint density at radius 2 is 1.71 bits per heavy atom. The van der Waals surface area contributed by atoms with E-state index in [1.807, 2.05) is 68.4 Å². The molecule has 45 heavy (non-hydrogen) atoms. The van der Waals surface area contributed by atoms with E-state index in [1.54, 1.807) is 27.7 Å². The molecule has 1 atom stereocenters. The number of aromatic nitrogens is 1. The topological polar surface area (TPSA) is 107 Å². The highest BCUT2D eigenvalue weighted by Crippen LogP contribution is 2.28. The lowest BCUT2D eigenvalue weighted by atomic mass is 10.0. The Bertz CT molecular complexity index is 1750. The first-order valence-corrected chi connectivity index (χ1v) is 17.1. The Labute approximate surface area is 269 Å². The lowest BCUT2D eigenvalue weighted by Gasteiger charge is -2.34. The number of hydrogen-bond acceptors (Lipinski definition) is 6. The number of benzene rings is 3. The van der Waals surface area contributed by atoms with Gasteiger partial charge in [-0.2, -0.15) is 0 Å². The van der Waals surface area contributed by atoms with Crippen molar-refractivity contribution in [1.29, 1.82) is 0 Å². The monoisotopic (exact) mass is 651 g/mol. The van der Waals surface area contributed by atoms with Gasteiger partial charge in [0.2, 0.25) is 10.0 Å². The summed E-state index contributed by atoms with van der Waals surface area (Å²) in [6.07, 6.45) is 2.08. The first-order valence-electron chi connectivity index (χ1n) is 15.1. The Hall–Kier alpha value is -4.02. The number of aryl methyl sites for hydroxylation is 2. The zero-order valence-corrected chi connectivity index (χ0v) is 27.1. The van der Waals surface area contributed by atoms with Crippen molar-refractivity contribution in [2.24, 2.45) is 0 Å². The molecule has 9 nitrogen and oxygen atoms in total. The van der Waals surface area contributed by atoms with E-state index in [1.165, 1.54) is 0 Å². The molecule has 3 aromatic carbocycles. The third kappa shape index (κ3) is 7.99. The minimum Gasteiger partial charge on any atom is -0.491 e. The van der Waals surface area contributed by atoms with Gasteiger partial charge in [0.05, 0.1) is 17.8 Å².